The molecule has 22 heavy (non-hydrogen) atoms. The van der Waals surface area contributed by atoms with Gasteiger partial charge in [0, 0.05) is 31.5 Å². The lowest BCUT2D eigenvalue weighted by molar-refractivity contribution is -0.0459. The van der Waals surface area contributed by atoms with Crippen LogP contribution in [-0.2, 0) is 4.74 Å². The lowest BCUT2D eigenvalue weighted by Gasteiger charge is -2.42. The van der Waals surface area contributed by atoms with Crippen molar-refractivity contribution < 1.29 is 14.6 Å². The lowest BCUT2D eigenvalue weighted by atomic mass is 9.86. The fraction of sp³-hybridized carbons (Fsp3) is 0.667. The summed E-state index contributed by atoms with van der Waals surface area (Å²) < 4.78 is 5.37. The Morgan fingerprint density at radius 1 is 1.32 bits per heavy atom. The number of aromatic nitrogens is 2. The third-order valence-corrected chi connectivity index (χ3v) is 4.45. The van der Waals surface area contributed by atoms with E-state index in [1.165, 1.54) is 18.6 Å². The number of hydrogen-bond acceptors (Lipinski definition) is 6. The molecule has 2 aliphatic rings. The molecule has 7 heteroatoms. The number of amides is 1. The number of nitrogens with zero attached hydrogens (tertiary/aromatic N) is 3. The molecule has 0 unspecified atom stereocenters. The molecule has 0 bridgehead atoms. The van der Waals surface area contributed by atoms with Crippen molar-refractivity contribution in [2.24, 2.45) is 0 Å². The number of carbonyl (C=O) groups excluding carboxylic acids is 1. The van der Waals surface area contributed by atoms with Gasteiger partial charge in [0.2, 0.25) is 0 Å². The number of carbonyl (C=O) groups is 1. The topological polar surface area (TPSA) is 87.6 Å². The van der Waals surface area contributed by atoms with Crippen LogP contribution in [0.1, 0.15) is 29.8 Å². The highest BCUT2D eigenvalue weighted by Crippen LogP contribution is 2.24. The molecule has 0 spiro atoms. The predicted octanol–water partition coefficient (Wildman–Crippen LogP) is -0.179. The Bertz CT molecular complexity index is 493. The Hall–Kier alpha value is -1.57. The average molecular weight is 306 g/mol. The number of rotatable bonds is 3. The number of aliphatic hydroxyl groups is 1. The van der Waals surface area contributed by atoms with Crippen LogP contribution >= 0.6 is 0 Å². The van der Waals surface area contributed by atoms with E-state index in [1.54, 1.807) is 0 Å². The zero-order chi connectivity index (χ0) is 15.4. The maximum atomic E-state index is 12.2. The maximum Gasteiger partial charge on any atom is 0.271 e. The second-order valence-electron chi connectivity index (χ2n) is 5.81. The minimum absolute atomic E-state index is 0.0878. The van der Waals surface area contributed by atoms with Crippen molar-refractivity contribution in [1.29, 1.82) is 0 Å². The Balaban J connectivity index is 1.62. The lowest BCUT2D eigenvalue weighted by Crippen LogP contribution is -2.58. The van der Waals surface area contributed by atoms with Crippen LogP contribution in [0.4, 0.5) is 0 Å². The highest BCUT2D eigenvalue weighted by Gasteiger charge is 2.36. The van der Waals surface area contributed by atoms with Crippen LogP contribution in [0.25, 0.3) is 0 Å². The molecule has 1 amide bonds. The van der Waals surface area contributed by atoms with Crippen LogP contribution < -0.4 is 5.32 Å². The third-order valence-electron chi connectivity index (χ3n) is 4.45. The first kappa shape index (κ1) is 15.3. The van der Waals surface area contributed by atoms with Crippen molar-refractivity contribution >= 4 is 5.91 Å². The van der Waals surface area contributed by atoms with Gasteiger partial charge in [-0.25, -0.2) is 4.98 Å². The molecular formula is C15H22N4O3. The number of nitrogens with one attached hydrogen (secondary N) is 1. The standard InChI is InChI=1S/C15H22N4O3/c20-14-11(18-15(21)12-10-16-4-5-17-12)2-1-3-13(14)19-6-8-22-9-7-19/h4-5,10-11,13-14,20H,1-3,6-9H2,(H,18,21)/t11-,13-,14-/m1/s1. The molecule has 1 aliphatic heterocycles. The van der Waals surface area contributed by atoms with Crippen LogP contribution in [0.2, 0.25) is 0 Å². The molecule has 120 valence electrons. The molecule has 0 radical (unpaired) electrons. The van der Waals surface area contributed by atoms with Crippen LogP contribution in [0.5, 0.6) is 0 Å². The van der Waals surface area contributed by atoms with Crippen molar-refractivity contribution in [2.75, 3.05) is 26.3 Å². The van der Waals surface area contributed by atoms with Gasteiger partial charge in [-0.2, -0.15) is 0 Å². The summed E-state index contributed by atoms with van der Waals surface area (Å²) in [7, 11) is 0. The summed E-state index contributed by atoms with van der Waals surface area (Å²) in [6.45, 7) is 3.10. The van der Waals surface area contributed by atoms with Gasteiger partial charge in [0.05, 0.1) is 31.6 Å². The zero-order valence-corrected chi connectivity index (χ0v) is 12.5. The molecule has 2 fully saturated rings. The van der Waals surface area contributed by atoms with E-state index in [-0.39, 0.29) is 23.7 Å². The van der Waals surface area contributed by atoms with Gasteiger partial charge in [-0.3, -0.25) is 14.7 Å². The van der Waals surface area contributed by atoms with Crippen LogP contribution in [-0.4, -0.2) is 70.4 Å². The maximum absolute atomic E-state index is 12.2. The van der Waals surface area contributed by atoms with Crippen LogP contribution in [0.3, 0.4) is 0 Å². The van der Waals surface area contributed by atoms with Gasteiger partial charge in [0.25, 0.3) is 5.91 Å². The van der Waals surface area contributed by atoms with Gasteiger partial charge in [-0.1, -0.05) is 0 Å². The summed E-state index contributed by atoms with van der Waals surface area (Å²) in [5.41, 5.74) is 0.281. The van der Waals surface area contributed by atoms with E-state index in [2.05, 4.69) is 20.2 Å². The van der Waals surface area contributed by atoms with Crippen molar-refractivity contribution in [3.05, 3.63) is 24.3 Å². The average Bonchev–Trinajstić information content (AvgIpc) is 2.58. The molecular weight excluding hydrogens is 284 g/mol. The van der Waals surface area contributed by atoms with Gasteiger partial charge in [-0.15, -0.1) is 0 Å². The van der Waals surface area contributed by atoms with Crippen molar-refractivity contribution in [2.45, 2.75) is 37.5 Å². The Morgan fingerprint density at radius 3 is 2.86 bits per heavy atom. The van der Waals surface area contributed by atoms with Crippen molar-refractivity contribution in [1.82, 2.24) is 20.2 Å². The van der Waals surface area contributed by atoms with Gasteiger partial charge in [-0.05, 0) is 19.3 Å². The summed E-state index contributed by atoms with van der Waals surface area (Å²) in [6.07, 6.45) is 6.62. The SMILES string of the molecule is O=C(N[C@@H]1CCC[C@@H](N2CCOCC2)[C@@H]1O)c1cnccn1. The highest BCUT2D eigenvalue weighted by atomic mass is 16.5. The fourth-order valence-electron chi connectivity index (χ4n) is 3.28. The first-order chi connectivity index (χ1) is 10.8. The summed E-state index contributed by atoms with van der Waals surface area (Å²) in [6, 6.07) is -0.152. The summed E-state index contributed by atoms with van der Waals surface area (Å²) in [5.74, 6) is -0.278. The normalized spacial score (nSPS) is 30.0. The second kappa shape index (κ2) is 7.13. The van der Waals surface area contributed by atoms with E-state index in [4.69, 9.17) is 4.74 Å². The quantitative estimate of drug-likeness (QED) is 0.805. The van der Waals surface area contributed by atoms with Gasteiger partial charge < -0.3 is 15.2 Å². The summed E-state index contributed by atoms with van der Waals surface area (Å²) in [5, 5.41) is 13.5. The molecule has 0 aromatic carbocycles. The molecule has 1 saturated heterocycles. The van der Waals surface area contributed by atoms with E-state index in [0.29, 0.717) is 13.2 Å². The first-order valence-electron chi connectivity index (χ1n) is 7.82. The van der Waals surface area contributed by atoms with Gasteiger partial charge in [0.1, 0.15) is 5.69 Å². The number of hydrogen-bond donors (Lipinski definition) is 2. The Labute approximate surface area is 129 Å². The van der Waals surface area contributed by atoms with E-state index >= 15 is 0 Å². The highest BCUT2D eigenvalue weighted by molar-refractivity contribution is 5.92. The van der Waals surface area contributed by atoms with E-state index < -0.39 is 6.10 Å². The molecule has 7 nitrogen and oxygen atoms in total. The molecule has 1 aliphatic carbocycles. The molecule has 1 saturated carbocycles. The molecule has 3 atom stereocenters. The van der Waals surface area contributed by atoms with Gasteiger partial charge >= 0.3 is 0 Å². The molecule has 1 aromatic heterocycles. The number of ether oxygens (including phenoxy) is 1. The number of aliphatic hydroxyl groups excluding tert-OH is 1. The molecule has 2 N–H and O–H groups in total. The van der Waals surface area contributed by atoms with E-state index in [0.717, 1.165) is 32.4 Å². The second-order valence-corrected chi connectivity index (χ2v) is 5.81. The summed E-state index contributed by atoms with van der Waals surface area (Å²) >= 11 is 0. The Kier molecular flexibility index (Phi) is 4.97. The van der Waals surface area contributed by atoms with Crippen molar-refractivity contribution in [3.8, 4) is 0 Å². The minimum atomic E-state index is -0.563. The number of morpholine rings is 1. The third kappa shape index (κ3) is 3.43. The first-order valence-corrected chi connectivity index (χ1v) is 7.82. The Morgan fingerprint density at radius 2 is 2.14 bits per heavy atom. The van der Waals surface area contributed by atoms with Crippen molar-refractivity contribution in [3.63, 3.8) is 0 Å². The van der Waals surface area contributed by atoms with Crippen LogP contribution in [0, 0.1) is 0 Å². The monoisotopic (exact) mass is 306 g/mol. The largest absolute Gasteiger partial charge is 0.389 e. The van der Waals surface area contributed by atoms with Gasteiger partial charge in [0.15, 0.2) is 0 Å². The summed E-state index contributed by atoms with van der Waals surface area (Å²) in [4.78, 5) is 22.3. The zero-order valence-electron chi connectivity index (χ0n) is 12.5. The van der Waals surface area contributed by atoms with Crippen LogP contribution in [0.15, 0.2) is 18.6 Å². The smallest absolute Gasteiger partial charge is 0.271 e. The molecule has 1 aromatic rings. The predicted molar refractivity (Wildman–Crippen MR) is 79.3 cm³/mol. The molecule has 3 rings (SSSR count). The molecule has 2 heterocycles. The fourth-order valence-corrected chi connectivity index (χ4v) is 3.28. The van der Waals surface area contributed by atoms with E-state index in [9.17, 15) is 9.90 Å². The van der Waals surface area contributed by atoms with E-state index in [1.807, 2.05) is 0 Å². The minimum Gasteiger partial charge on any atom is -0.389 e.